The minimum absolute atomic E-state index is 0.224. The smallest absolute Gasteiger partial charge is 0.326 e. The van der Waals surface area contributed by atoms with Crippen molar-refractivity contribution in [3.05, 3.63) is 35.4 Å². The first-order chi connectivity index (χ1) is 11.7. The van der Waals surface area contributed by atoms with Crippen molar-refractivity contribution in [3.8, 4) is 0 Å². The van der Waals surface area contributed by atoms with Crippen molar-refractivity contribution in [2.45, 2.75) is 45.7 Å². The van der Waals surface area contributed by atoms with Crippen molar-refractivity contribution >= 4 is 17.8 Å². The van der Waals surface area contributed by atoms with Crippen molar-refractivity contribution in [3.63, 3.8) is 0 Å². The second kappa shape index (κ2) is 9.10. The quantitative estimate of drug-likeness (QED) is 0.665. The van der Waals surface area contributed by atoms with Crippen LogP contribution in [0, 0.1) is 17.6 Å². The molecule has 3 N–H and O–H groups in total. The zero-order valence-electron chi connectivity index (χ0n) is 14.3. The average Bonchev–Trinajstić information content (AvgIpc) is 2.51. The molecule has 1 aromatic carbocycles. The summed E-state index contributed by atoms with van der Waals surface area (Å²) in [5.41, 5.74) is -0.788. The van der Waals surface area contributed by atoms with Crippen LogP contribution in [0.15, 0.2) is 18.2 Å². The number of halogens is 2. The van der Waals surface area contributed by atoms with Crippen LogP contribution in [0.1, 0.15) is 44.0 Å². The fraction of sp³-hybridized carbons (Fsp3) is 0.471. The van der Waals surface area contributed by atoms with Crippen LogP contribution >= 0.6 is 0 Å². The molecule has 25 heavy (non-hydrogen) atoms. The van der Waals surface area contributed by atoms with Gasteiger partial charge in [-0.3, -0.25) is 9.59 Å². The Bertz CT molecular complexity index is 629. The lowest BCUT2D eigenvalue weighted by Crippen LogP contribution is -2.53. The van der Waals surface area contributed by atoms with Gasteiger partial charge in [-0.1, -0.05) is 33.3 Å². The van der Waals surface area contributed by atoms with Crippen LogP contribution in [0.4, 0.5) is 8.78 Å². The molecule has 0 spiro atoms. The largest absolute Gasteiger partial charge is 0.480 e. The van der Waals surface area contributed by atoms with E-state index in [1.165, 1.54) is 0 Å². The standard InChI is InChI=1S/C17H22F2N2O4/c1-4-6-12(17(24)25)20-16(23)14(9(2)3)21-15(22)13-10(18)7-5-8-11(13)19/h5,7-9,12,14H,4,6H2,1-3H3,(H,20,23)(H,21,22)(H,24,25). The van der Waals surface area contributed by atoms with E-state index in [1.54, 1.807) is 20.8 Å². The predicted molar refractivity (Wildman–Crippen MR) is 86.9 cm³/mol. The van der Waals surface area contributed by atoms with Gasteiger partial charge in [0.15, 0.2) is 0 Å². The summed E-state index contributed by atoms with van der Waals surface area (Å²) in [6.45, 7) is 5.01. The van der Waals surface area contributed by atoms with Gasteiger partial charge in [-0.05, 0) is 24.5 Å². The number of rotatable bonds is 8. The lowest BCUT2D eigenvalue weighted by molar-refractivity contribution is -0.142. The van der Waals surface area contributed by atoms with E-state index in [0.29, 0.717) is 6.42 Å². The Morgan fingerprint density at radius 1 is 1.12 bits per heavy atom. The predicted octanol–water partition coefficient (Wildman–Crippen LogP) is 2.09. The Balaban J connectivity index is 2.95. The SMILES string of the molecule is CCCC(NC(=O)C(NC(=O)c1c(F)cccc1F)C(C)C)C(=O)O. The zero-order valence-corrected chi connectivity index (χ0v) is 14.3. The fourth-order valence-corrected chi connectivity index (χ4v) is 2.27. The van der Waals surface area contributed by atoms with Crippen molar-refractivity contribution < 1.29 is 28.3 Å². The molecular formula is C17H22F2N2O4. The van der Waals surface area contributed by atoms with E-state index >= 15 is 0 Å². The number of carbonyl (C=O) groups is 3. The van der Waals surface area contributed by atoms with E-state index in [0.717, 1.165) is 18.2 Å². The molecule has 0 aromatic heterocycles. The van der Waals surface area contributed by atoms with Gasteiger partial charge in [0.1, 0.15) is 29.3 Å². The third kappa shape index (κ3) is 5.51. The van der Waals surface area contributed by atoms with E-state index in [-0.39, 0.29) is 6.42 Å². The first-order valence-electron chi connectivity index (χ1n) is 7.97. The molecule has 8 heteroatoms. The number of aliphatic carboxylic acids is 1. The van der Waals surface area contributed by atoms with Gasteiger partial charge in [0.25, 0.3) is 5.91 Å². The molecule has 0 radical (unpaired) electrons. The Hall–Kier alpha value is -2.51. The molecule has 1 aromatic rings. The van der Waals surface area contributed by atoms with Gasteiger partial charge in [-0.2, -0.15) is 0 Å². The molecule has 0 aliphatic heterocycles. The number of carbonyl (C=O) groups excluding carboxylic acids is 2. The van der Waals surface area contributed by atoms with Crippen molar-refractivity contribution in [2.24, 2.45) is 5.92 Å². The molecule has 2 amide bonds. The highest BCUT2D eigenvalue weighted by Crippen LogP contribution is 2.13. The summed E-state index contributed by atoms with van der Waals surface area (Å²) in [6, 6.07) is 0.760. The van der Waals surface area contributed by atoms with Gasteiger partial charge in [-0.15, -0.1) is 0 Å². The fourth-order valence-electron chi connectivity index (χ4n) is 2.27. The Kier molecular flexibility index (Phi) is 7.47. The molecule has 0 bridgehead atoms. The van der Waals surface area contributed by atoms with Crippen molar-refractivity contribution in [2.75, 3.05) is 0 Å². The number of nitrogens with one attached hydrogen (secondary N) is 2. The first kappa shape index (κ1) is 20.5. The van der Waals surface area contributed by atoms with E-state index in [1.807, 2.05) is 0 Å². The van der Waals surface area contributed by atoms with Crippen LogP contribution in [0.5, 0.6) is 0 Å². The van der Waals surface area contributed by atoms with Crippen LogP contribution in [-0.4, -0.2) is 35.0 Å². The zero-order chi connectivity index (χ0) is 19.1. The molecule has 0 fully saturated rings. The van der Waals surface area contributed by atoms with Gasteiger partial charge >= 0.3 is 5.97 Å². The second-order valence-corrected chi connectivity index (χ2v) is 5.98. The van der Waals surface area contributed by atoms with E-state index in [9.17, 15) is 23.2 Å². The molecule has 0 heterocycles. The topological polar surface area (TPSA) is 95.5 Å². The Labute approximate surface area is 144 Å². The number of carboxylic acid groups (broad SMARTS) is 1. The number of carboxylic acids is 1. The van der Waals surface area contributed by atoms with Gasteiger partial charge in [0, 0.05) is 0 Å². The highest BCUT2D eigenvalue weighted by Gasteiger charge is 2.30. The maximum absolute atomic E-state index is 13.7. The third-order valence-electron chi connectivity index (χ3n) is 3.62. The Morgan fingerprint density at radius 3 is 2.12 bits per heavy atom. The van der Waals surface area contributed by atoms with Gasteiger partial charge in [-0.25, -0.2) is 13.6 Å². The van der Waals surface area contributed by atoms with Gasteiger partial charge in [0.2, 0.25) is 5.91 Å². The molecule has 2 unspecified atom stereocenters. The summed E-state index contributed by atoms with van der Waals surface area (Å²) in [6.07, 6.45) is 0.762. The lowest BCUT2D eigenvalue weighted by atomic mass is 10.0. The first-order valence-corrected chi connectivity index (χ1v) is 7.97. The third-order valence-corrected chi connectivity index (χ3v) is 3.62. The minimum atomic E-state index is -1.19. The van der Waals surface area contributed by atoms with Gasteiger partial charge < -0.3 is 15.7 Å². The summed E-state index contributed by atoms with van der Waals surface area (Å²) < 4.78 is 27.4. The molecule has 1 rings (SSSR count). The molecule has 0 aliphatic rings. The lowest BCUT2D eigenvalue weighted by Gasteiger charge is -2.24. The summed E-state index contributed by atoms with van der Waals surface area (Å²) in [4.78, 5) is 35.6. The number of hydrogen-bond donors (Lipinski definition) is 3. The van der Waals surface area contributed by atoms with Crippen LogP contribution in [0.3, 0.4) is 0 Å². The van der Waals surface area contributed by atoms with Crippen LogP contribution < -0.4 is 10.6 Å². The van der Waals surface area contributed by atoms with Crippen LogP contribution in [-0.2, 0) is 9.59 Å². The average molecular weight is 356 g/mol. The molecule has 0 aliphatic carbocycles. The molecule has 2 atom stereocenters. The molecule has 6 nitrogen and oxygen atoms in total. The van der Waals surface area contributed by atoms with E-state index < -0.39 is 53.0 Å². The molecular weight excluding hydrogens is 334 g/mol. The van der Waals surface area contributed by atoms with E-state index in [2.05, 4.69) is 10.6 Å². The monoisotopic (exact) mass is 356 g/mol. The molecule has 0 saturated heterocycles. The summed E-state index contributed by atoms with van der Waals surface area (Å²) >= 11 is 0. The van der Waals surface area contributed by atoms with E-state index in [4.69, 9.17) is 5.11 Å². The maximum Gasteiger partial charge on any atom is 0.326 e. The summed E-state index contributed by atoms with van der Waals surface area (Å²) in [7, 11) is 0. The summed E-state index contributed by atoms with van der Waals surface area (Å²) in [5.74, 6) is -5.50. The molecule has 0 saturated carbocycles. The van der Waals surface area contributed by atoms with Crippen LogP contribution in [0.2, 0.25) is 0 Å². The van der Waals surface area contributed by atoms with Crippen LogP contribution in [0.25, 0.3) is 0 Å². The number of benzene rings is 1. The molecule has 138 valence electrons. The maximum atomic E-state index is 13.7. The highest BCUT2D eigenvalue weighted by atomic mass is 19.1. The second-order valence-electron chi connectivity index (χ2n) is 5.98. The normalized spacial score (nSPS) is 13.2. The number of hydrogen-bond acceptors (Lipinski definition) is 3. The van der Waals surface area contributed by atoms with Gasteiger partial charge in [0.05, 0.1) is 0 Å². The highest BCUT2D eigenvalue weighted by molar-refractivity contribution is 5.98. The minimum Gasteiger partial charge on any atom is -0.480 e. The summed E-state index contributed by atoms with van der Waals surface area (Å²) in [5, 5.41) is 13.7. The number of amides is 2. The van der Waals surface area contributed by atoms with Crippen molar-refractivity contribution in [1.82, 2.24) is 10.6 Å². The Morgan fingerprint density at radius 2 is 1.68 bits per heavy atom. The van der Waals surface area contributed by atoms with Crippen molar-refractivity contribution in [1.29, 1.82) is 0 Å².